The van der Waals surface area contributed by atoms with E-state index < -0.39 is 17.9 Å². The summed E-state index contributed by atoms with van der Waals surface area (Å²) in [5.41, 5.74) is 1.66. The van der Waals surface area contributed by atoms with Crippen LogP contribution in [0.5, 0.6) is 0 Å². The zero-order valence-electron chi connectivity index (χ0n) is 15.7. The number of methoxy groups -OCH3 is 1. The van der Waals surface area contributed by atoms with Crippen LogP contribution in [0.15, 0.2) is 60.7 Å². The molecule has 142 valence electrons. The lowest BCUT2D eigenvalue weighted by molar-refractivity contribution is -0.145. The van der Waals surface area contributed by atoms with Crippen molar-refractivity contribution in [3.8, 4) is 0 Å². The van der Waals surface area contributed by atoms with Gasteiger partial charge in [0.25, 0.3) is 0 Å². The number of carbonyl (C=O) groups excluding carboxylic acids is 3. The summed E-state index contributed by atoms with van der Waals surface area (Å²) < 4.78 is 4.81. The predicted molar refractivity (Wildman–Crippen MR) is 103 cm³/mol. The van der Waals surface area contributed by atoms with Crippen molar-refractivity contribution in [1.82, 2.24) is 5.32 Å². The van der Waals surface area contributed by atoms with Gasteiger partial charge in [0.05, 0.1) is 13.0 Å². The molecule has 2 rings (SSSR count). The molecule has 1 amide bonds. The van der Waals surface area contributed by atoms with Gasteiger partial charge in [-0.3, -0.25) is 9.59 Å². The third-order valence-corrected chi connectivity index (χ3v) is 4.44. The summed E-state index contributed by atoms with van der Waals surface area (Å²) in [6.45, 7) is 1.77. The Morgan fingerprint density at radius 3 is 1.89 bits per heavy atom. The average molecular weight is 367 g/mol. The molecule has 2 aromatic rings. The molecule has 5 heteroatoms. The first-order chi connectivity index (χ1) is 13.1. The Morgan fingerprint density at radius 1 is 0.926 bits per heavy atom. The van der Waals surface area contributed by atoms with Gasteiger partial charge in [-0.25, -0.2) is 4.79 Å². The van der Waals surface area contributed by atoms with Crippen LogP contribution in [0.4, 0.5) is 0 Å². The highest BCUT2D eigenvalue weighted by molar-refractivity contribution is 5.91. The second-order valence-corrected chi connectivity index (χ2v) is 6.27. The van der Waals surface area contributed by atoms with Crippen LogP contribution < -0.4 is 5.32 Å². The summed E-state index contributed by atoms with van der Waals surface area (Å²) in [6.07, 6.45) is 0.845. The van der Waals surface area contributed by atoms with Crippen LogP contribution in [0, 0.1) is 0 Å². The van der Waals surface area contributed by atoms with Crippen LogP contribution in [-0.2, 0) is 19.1 Å². The molecule has 27 heavy (non-hydrogen) atoms. The van der Waals surface area contributed by atoms with Crippen LogP contribution in [-0.4, -0.2) is 30.8 Å². The van der Waals surface area contributed by atoms with Crippen molar-refractivity contribution in [2.75, 3.05) is 7.11 Å². The number of esters is 1. The van der Waals surface area contributed by atoms with Crippen molar-refractivity contribution in [3.05, 3.63) is 71.8 Å². The maximum atomic E-state index is 13.1. The highest BCUT2D eigenvalue weighted by Crippen LogP contribution is 2.25. The third kappa shape index (κ3) is 5.78. The van der Waals surface area contributed by atoms with E-state index in [4.69, 9.17) is 4.74 Å². The second-order valence-electron chi connectivity index (χ2n) is 6.27. The largest absolute Gasteiger partial charge is 0.467 e. The fourth-order valence-electron chi connectivity index (χ4n) is 2.91. The molecule has 0 spiro atoms. The molecule has 5 nitrogen and oxygen atoms in total. The lowest BCUT2D eigenvalue weighted by Gasteiger charge is -2.22. The Labute approximate surface area is 159 Å². The quantitative estimate of drug-likeness (QED) is 0.691. The molecule has 2 aromatic carbocycles. The number of ether oxygens (including phenoxy) is 1. The number of ketones is 1. The van der Waals surface area contributed by atoms with Crippen molar-refractivity contribution in [2.45, 2.75) is 38.1 Å². The number of Topliss-reactive ketones (excluding diaryl/α,β-unsaturated/α-hetero) is 1. The lowest BCUT2D eigenvalue weighted by Crippen LogP contribution is -2.44. The van der Waals surface area contributed by atoms with Gasteiger partial charge in [-0.1, -0.05) is 67.6 Å². The molecule has 0 aliphatic rings. The van der Waals surface area contributed by atoms with E-state index in [1.807, 2.05) is 60.7 Å². The van der Waals surface area contributed by atoms with E-state index >= 15 is 0 Å². The van der Waals surface area contributed by atoms with Crippen LogP contribution >= 0.6 is 0 Å². The molecule has 0 bridgehead atoms. The molecule has 0 saturated carbocycles. The molecule has 0 aromatic heterocycles. The normalized spacial score (nSPS) is 11.7. The van der Waals surface area contributed by atoms with Crippen molar-refractivity contribution < 1.29 is 19.1 Å². The predicted octanol–water partition coefficient (Wildman–Crippen LogP) is 3.24. The topological polar surface area (TPSA) is 72.5 Å². The van der Waals surface area contributed by atoms with E-state index in [2.05, 4.69) is 5.32 Å². The molecular weight excluding hydrogens is 342 g/mol. The van der Waals surface area contributed by atoms with Gasteiger partial charge >= 0.3 is 5.97 Å². The molecule has 0 aliphatic carbocycles. The van der Waals surface area contributed by atoms with Crippen molar-refractivity contribution in [3.63, 3.8) is 0 Å². The summed E-state index contributed by atoms with van der Waals surface area (Å²) >= 11 is 0. The van der Waals surface area contributed by atoms with E-state index in [9.17, 15) is 14.4 Å². The molecule has 0 unspecified atom stereocenters. The Hall–Kier alpha value is -2.95. The molecule has 0 heterocycles. The second kappa shape index (κ2) is 10.3. The molecular formula is C22H25NO4. The monoisotopic (exact) mass is 367 g/mol. The molecule has 0 fully saturated rings. The van der Waals surface area contributed by atoms with Crippen molar-refractivity contribution in [2.24, 2.45) is 0 Å². The van der Waals surface area contributed by atoms with E-state index in [1.165, 1.54) is 7.11 Å². The molecule has 0 saturated heterocycles. The molecule has 0 radical (unpaired) electrons. The maximum absolute atomic E-state index is 13.1. The van der Waals surface area contributed by atoms with E-state index in [0.29, 0.717) is 6.42 Å². The van der Waals surface area contributed by atoms with Crippen molar-refractivity contribution in [1.29, 1.82) is 0 Å². The molecule has 1 N–H and O–H groups in total. The van der Waals surface area contributed by atoms with Crippen LogP contribution in [0.2, 0.25) is 0 Å². The Bertz CT molecular complexity index is 719. The standard InChI is InChI=1S/C22H25NO4/c1-3-18(24)14-15-19(22(26)27-2)23-21(25)20(16-10-6-4-7-11-16)17-12-8-5-9-13-17/h4-13,19-20H,3,14-15H2,1-2H3,(H,23,25)/t19-/m1/s1. The number of rotatable bonds is 9. The van der Waals surface area contributed by atoms with Gasteiger partial charge in [0.1, 0.15) is 11.8 Å². The minimum atomic E-state index is -0.854. The summed E-state index contributed by atoms with van der Waals surface area (Å²) in [7, 11) is 1.27. The first-order valence-corrected chi connectivity index (χ1v) is 9.06. The number of benzene rings is 2. The summed E-state index contributed by atoms with van der Waals surface area (Å²) in [4.78, 5) is 36.8. The van der Waals surface area contributed by atoms with Crippen LogP contribution in [0.1, 0.15) is 43.2 Å². The van der Waals surface area contributed by atoms with Gasteiger partial charge in [-0.05, 0) is 17.5 Å². The highest BCUT2D eigenvalue weighted by Gasteiger charge is 2.28. The first kappa shape index (κ1) is 20.4. The number of hydrogen-bond acceptors (Lipinski definition) is 4. The maximum Gasteiger partial charge on any atom is 0.328 e. The van der Waals surface area contributed by atoms with Crippen LogP contribution in [0.3, 0.4) is 0 Å². The fraction of sp³-hybridized carbons (Fsp3) is 0.318. The number of carbonyl (C=O) groups is 3. The van der Waals surface area contributed by atoms with Crippen LogP contribution in [0.25, 0.3) is 0 Å². The van der Waals surface area contributed by atoms with Gasteiger partial charge in [-0.2, -0.15) is 0 Å². The van der Waals surface area contributed by atoms with Crippen molar-refractivity contribution >= 4 is 17.7 Å². The average Bonchev–Trinajstić information content (AvgIpc) is 2.72. The Kier molecular flexibility index (Phi) is 7.74. The SMILES string of the molecule is CCC(=O)CC[C@@H](NC(=O)C(c1ccccc1)c1ccccc1)C(=O)OC. The lowest BCUT2D eigenvalue weighted by atomic mass is 9.90. The summed E-state index contributed by atoms with van der Waals surface area (Å²) in [5.74, 6) is -1.36. The van der Waals surface area contributed by atoms with E-state index in [1.54, 1.807) is 6.92 Å². The zero-order valence-corrected chi connectivity index (χ0v) is 15.7. The van der Waals surface area contributed by atoms with Gasteiger partial charge in [-0.15, -0.1) is 0 Å². The number of amides is 1. The van der Waals surface area contributed by atoms with E-state index in [0.717, 1.165) is 11.1 Å². The summed E-state index contributed by atoms with van der Waals surface area (Å²) in [5, 5.41) is 2.78. The first-order valence-electron chi connectivity index (χ1n) is 9.06. The molecule has 1 atom stereocenters. The highest BCUT2D eigenvalue weighted by atomic mass is 16.5. The third-order valence-electron chi connectivity index (χ3n) is 4.44. The zero-order chi connectivity index (χ0) is 19.6. The van der Waals surface area contributed by atoms with Gasteiger partial charge in [0, 0.05) is 12.8 Å². The minimum absolute atomic E-state index is 0.0424. The Balaban J connectivity index is 2.25. The Morgan fingerprint density at radius 2 is 1.44 bits per heavy atom. The minimum Gasteiger partial charge on any atom is -0.467 e. The van der Waals surface area contributed by atoms with Gasteiger partial charge in [0.15, 0.2) is 0 Å². The molecule has 0 aliphatic heterocycles. The van der Waals surface area contributed by atoms with Gasteiger partial charge in [0.2, 0.25) is 5.91 Å². The van der Waals surface area contributed by atoms with Gasteiger partial charge < -0.3 is 10.1 Å². The fourth-order valence-corrected chi connectivity index (χ4v) is 2.91. The number of hydrogen-bond donors (Lipinski definition) is 1. The van der Waals surface area contributed by atoms with E-state index in [-0.39, 0.29) is 24.5 Å². The summed E-state index contributed by atoms with van der Waals surface area (Å²) in [6, 6.07) is 17.9. The number of nitrogens with one attached hydrogen (secondary N) is 1. The smallest absolute Gasteiger partial charge is 0.328 e.